The molecule has 0 saturated carbocycles. The SMILES string of the molecule is CCOC(=O)NCc1ncccc1C. The molecular formula is C10H14N2O2. The molecule has 0 spiro atoms. The Morgan fingerprint density at radius 1 is 1.64 bits per heavy atom. The fourth-order valence-corrected chi connectivity index (χ4v) is 1.04. The molecule has 1 aromatic rings. The standard InChI is InChI=1S/C10H14N2O2/c1-3-14-10(13)12-7-9-8(2)5-4-6-11-9/h4-6H,3,7H2,1-2H3,(H,12,13). The molecule has 4 nitrogen and oxygen atoms in total. The largest absolute Gasteiger partial charge is 0.450 e. The maximum absolute atomic E-state index is 11.0. The molecule has 0 aliphatic rings. The molecule has 0 aliphatic heterocycles. The van der Waals surface area contributed by atoms with Gasteiger partial charge in [-0.1, -0.05) is 6.07 Å². The molecule has 76 valence electrons. The number of hydrogen-bond acceptors (Lipinski definition) is 3. The molecule has 0 radical (unpaired) electrons. The van der Waals surface area contributed by atoms with Crippen LogP contribution in [-0.4, -0.2) is 17.7 Å². The Bertz CT molecular complexity index is 313. The number of carbonyl (C=O) groups is 1. The number of nitrogens with one attached hydrogen (secondary N) is 1. The van der Waals surface area contributed by atoms with E-state index in [0.717, 1.165) is 11.3 Å². The summed E-state index contributed by atoms with van der Waals surface area (Å²) in [5.74, 6) is 0. The number of amides is 1. The van der Waals surface area contributed by atoms with Gasteiger partial charge in [-0.05, 0) is 25.5 Å². The second-order valence-electron chi connectivity index (χ2n) is 2.84. The molecule has 1 heterocycles. The molecule has 0 atom stereocenters. The maximum Gasteiger partial charge on any atom is 0.407 e. The van der Waals surface area contributed by atoms with E-state index >= 15 is 0 Å². The van der Waals surface area contributed by atoms with Gasteiger partial charge in [0.05, 0.1) is 18.8 Å². The Morgan fingerprint density at radius 3 is 3.07 bits per heavy atom. The van der Waals surface area contributed by atoms with E-state index in [1.807, 2.05) is 19.1 Å². The van der Waals surface area contributed by atoms with Gasteiger partial charge < -0.3 is 10.1 Å². The number of pyridine rings is 1. The molecule has 4 heteroatoms. The molecule has 1 rings (SSSR count). The highest BCUT2D eigenvalue weighted by Crippen LogP contribution is 2.01. The van der Waals surface area contributed by atoms with Gasteiger partial charge in [0.25, 0.3) is 0 Å². The van der Waals surface area contributed by atoms with E-state index in [1.165, 1.54) is 0 Å². The van der Waals surface area contributed by atoms with Crippen LogP contribution >= 0.6 is 0 Å². The first kappa shape index (κ1) is 10.5. The fraction of sp³-hybridized carbons (Fsp3) is 0.400. The van der Waals surface area contributed by atoms with Gasteiger partial charge >= 0.3 is 6.09 Å². The van der Waals surface area contributed by atoms with Gasteiger partial charge in [0.15, 0.2) is 0 Å². The van der Waals surface area contributed by atoms with Crippen molar-refractivity contribution < 1.29 is 9.53 Å². The Kier molecular flexibility index (Phi) is 3.91. The van der Waals surface area contributed by atoms with Crippen LogP contribution in [-0.2, 0) is 11.3 Å². The predicted octanol–water partition coefficient (Wildman–Crippen LogP) is 1.64. The molecule has 1 N–H and O–H groups in total. The summed E-state index contributed by atoms with van der Waals surface area (Å²) in [5.41, 5.74) is 1.92. The van der Waals surface area contributed by atoms with Crippen LogP contribution in [0.3, 0.4) is 0 Å². The van der Waals surface area contributed by atoms with E-state index in [9.17, 15) is 4.79 Å². The fourth-order valence-electron chi connectivity index (χ4n) is 1.04. The topological polar surface area (TPSA) is 51.2 Å². The summed E-state index contributed by atoms with van der Waals surface area (Å²) in [6.07, 6.45) is 1.30. The summed E-state index contributed by atoms with van der Waals surface area (Å²) >= 11 is 0. The van der Waals surface area contributed by atoms with Crippen molar-refractivity contribution in [3.05, 3.63) is 29.6 Å². The molecule has 0 unspecified atom stereocenters. The lowest BCUT2D eigenvalue weighted by molar-refractivity contribution is 0.151. The maximum atomic E-state index is 11.0. The zero-order valence-corrected chi connectivity index (χ0v) is 8.41. The second kappa shape index (κ2) is 5.21. The number of hydrogen-bond donors (Lipinski definition) is 1. The van der Waals surface area contributed by atoms with Crippen LogP contribution in [0.4, 0.5) is 4.79 Å². The minimum absolute atomic E-state index is 0.382. The zero-order chi connectivity index (χ0) is 10.4. The average Bonchev–Trinajstić information content (AvgIpc) is 2.17. The lowest BCUT2D eigenvalue weighted by Crippen LogP contribution is -2.24. The van der Waals surface area contributed by atoms with Crippen molar-refractivity contribution in [3.63, 3.8) is 0 Å². The lowest BCUT2D eigenvalue weighted by atomic mass is 10.2. The van der Waals surface area contributed by atoms with Crippen molar-refractivity contribution in [2.45, 2.75) is 20.4 Å². The van der Waals surface area contributed by atoms with Gasteiger partial charge in [-0.3, -0.25) is 4.98 Å². The van der Waals surface area contributed by atoms with Gasteiger partial charge in [0.1, 0.15) is 0 Å². The van der Waals surface area contributed by atoms with Crippen molar-refractivity contribution in [2.75, 3.05) is 6.61 Å². The highest BCUT2D eigenvalue weighted by atomic mass is 16.5. The van der Waals surface area contributed by atoms with Crippen LogP contribution < -0.4 is 5.32 Å². The minimum atomic E-state index is -0.405. The second-order valence-corrected chi connectivity index (χ2v) is 2.84. The highest BCUT2D eigenvalue weighted by molar-refractivity contribution is 5.67. The van der Waals surface area contributed by atoms with Crippen LogP contribution in [0.2, 0.25) is 0 Å². The van der Waals surface area contributed by atoms with E-state index in [4.69, 9.17) is 4.74 Å². The Hall–Kier alpha value is -1.58. The Balaban J connectivity index is 2.46. The highest BCUT2D eigenvalue weighted by Gasteiger charge is 2.02. The molecule has 0 aliphatic carbocycles. The Labute approximate surface area is 83.3 Å². The first-order valence-corrected chi connectivity index (χ1v) is 4.55. The number of rotatable bonds is 3. The third-order valence-corrected chi connectivity index (χ3v) is 1.79. The van der Waals surface area contributed by atoms with Crippen LogP contribution in [0.15, 0.2) is 18.3 Å². The molecule has 1 aromatic heterocycles. The molecular weight excluding hydrogens is 180 g/mol. The average molecular weight is 194 g/mol. The molecule has 0 aromatic carbocycles. The van der Waals surface area contributed by atoms with Gasteiger partial charge in [0, 0.05) is 6.20 Å². The predicted molar refractivity (Wildman–Crippen MR) is 52.8 cm³/mol. The summed E-state index contributed by atoms with van der Waals surface area (Å²) in [6.45, 7) is 4.51. The van der Waals surface area contributed by atoms with Crippen LogP contribution in [0.1, 0.15) is 18.2 Å². The molecule has 0 fully saturated rings. The zero-order valence-electron chi connectivity index (χ0n) is 8.41. The van der Waals surface area contributed by atoms with E-state index in [-0.39, 0.29) is 0 Å². The first-order valence-electron chi connectivity index (χ1n) is 4.55. The lowest BCUT2D eigenvalue weighted by Gasteiger charge is -2.06. The van der Waals surface area contributed by atoms with Gasteiger partial charge in [-0.15, -0.1) is 0 Å². The molecule has 14 heavy (non-hydrogen) atoms. The number of aromatic nitrogens is 1. The van der Waals surface area contributed by atoms with E-state index < -0.39 is 6.09 Å². The normalized spacial score (nSPS) is 9.57. The monoisotopic (exact) mass is 194 g/mol. The van der Waals surface area contributed by atoms with Crippen molar-refractivity contribution in [2.24, 2.45) is 0 Å². The molecule has 1 amide bonds. The number of carbonyl (C=O) groups excluding carboxylic acids is 1. The van der Waals surface area contributed by atoms with E-state index in [2.05, 4.69) is 10.3 Å². The van der Waals surface area contributed by atoms with Gasteiger partial charge in [0.2, 0.25) is 0 Å². The van der Waals surface area contributed by atoms with E-state index in [1.54, 1.807) is 13.1 Å². The van der Waals surface area contributed by atoms with Gasteiger partial charge in [-0.25, -0.2) is 4.79 Å². The van der Waals surface area contributed by atoms with Crippen molar-refractivity contribution in [3.8, 4) is 0 Å². The third kappa shape index (κ3) is 3.05. The smallest absolute Gasteiger partial charge is 0.407 e. The summed E-state index contributed by atoms with van der Waals surface area (Å²) in [5, 5.41) is 2.62. The quantitative estimate of drug-likeness (QED) is 0.795. The third-order valence-electron chi connectivity index (χ3n) is 1.79. The molecule has 0 bridgehead atoms. The van der Waals surface area contributed by atoms with Crippen molar-refractivity contribution >= 4 is 6.09 Å². The summed E-state index contributed by atoms with van der Waals surface area (Å²) in [7, 11) is 0. The number of nitrogens with zero attached hydrogens (tertiary/aromatic N) is 1. The number of ether oxygens (including phenoxy) is 1. The number of aryl methyl sites for hydroxylation is 1. The summed E-state index contributed by atoms with van der Waals surface area (Å²) in [4.78, 5) is 15.1. The van der Waals surface area contributed by atoms with Crippen LogP contribution in [0, 0.1) is 6.92 Å². The summed E-state index contributed by atoms with van der Waals surface area (Å²) in [6, 6.07) is 3.82. The Morgan fingerprint density at radius 2 is 2.43 bits per heavy atom. The summed E-state index contributed by atoms with van der Waals surface area (Å²) < 4.78 is 4.73. The van der Waals surface area contributed by atoms with Crippen molar-refractivity contribution in [1.29, 1.82) is 0 Å². The molecule has 0 saturated heterocycles. The number of alkyl carbamates (subject to hydrolysis) is 1. The van der Waals surface area contributed by atoms with E-state index in [0.29, 0.717) is 13.2 Å². The minimum Gasteiger partial charge on any atom is -0.450 e. The van der Waals surface area contributed by atoms with Crippen molar-refractivity contribution in [1.82, 2.24) is 10.3 Å². The van der Waals surface area contributed by atoms with Gasteiger partial charge in [-0.2, -0.15) is 0 Å². The first-order chi connectivity index (χ1) is 6.74. The van der Waals surface area contributed by atoms with Crippen LogP contribution in [0.25, 0.3) is 0 Å². The van der Waals surface area contributed by atoms with Crippen LogP contribution in [0.5, 0.6) is 0 Å².